The minimum Gasteiger partial charge on any atom is -0.490 e. The third kappa shape index (κ3) is 4.47. The normalized spacial score (nSPS) is 14.5. The highest BCUT2D eigenvalue weighted by atomic mass is 35.5. The predicted octanol–water partition coefficient (Wildman–Crippen LogP) is 4.46. The number of anilines is 1. The Morgan fingerprint density at radius 1 is 0.970 bits per heavy atom. The quantitative estimate of drug-likeness (QED) is 0.504. The van der Waals surface area contributed by atoms with Gasteiger partial charge in [0.1, 0.15) is 12.4 Å². The van der Waals surface area contributed by atoms with Gasteiger partial charge in [-0.2, -0.15) is 0 Å². The molecule has 0 bridgehead atoms. The van der Waals surface area contributed by atoms with E-state index in [-0.39, 0.29) is 24.6 Å². The van der Waals surface area contributed by atoms with Crippen molar-refractivity contribution in [3.05, 3.63) is 99.9 Å². The molecular formula is C25H23ClN2O4S. The maximum atomic E-state index is 13.6. The summed E-state index contributed by atoms with van der Waals surface area (Å²) in [5.74, 6) is -0.182. The standard InChI is InChI=1S/C25H23ClN2O4S/c1-2-28-21-14-8-6-12-19(21)23(18-10-4-3-5-11-18)24(33(28,30)31)25(29)27-16-17-32-22-15-9-7-13-20(22)26/h3-15H,2,16-17H2,1H3,(H,27,29). The molecule has 0 aromatic heterocycles. The van der Waals surface area contributed by atoms with Crippen LogP contribution in [0.2, 0.25) is 5.02 Å². The molecule has 3 aromatic rings. The number of nitrogens with zero attached hydrogens (tertiary/aromatic N) is 1. The summed E-state index contributed by atoms with van der Waals surface area (Å²) < 4.78 is 34.1. The molecule has 1 aliphatic heterocycles. The Balaban J connectivity index is 1.70. The number of hydrogen-bond acceptors (Lipinski definition) is 4. The Bertz CT molecular complexity index is 1310. The number of amides is 1. The number of halogens is 1. The van der Waals surface area contributed by atoms with Crippen molar-refractivity contribution in [3.63, 3.8) is 0 Å². The fraction of sp³-hybridized carbons (Fsp3) is 0.160. The lowest BCUT2D eigenvalue weighted by Crippen LogP contribution is -2.42. The second-order valence-corrected chi connectivity index (χ2v) is 9.50. The molecule has 4 rings (SSSR count). The summed E-state index contributed by atoms with van der Waals surface area (Å²) in [7, 11) is -4.08. The van der Waals surface area contributed by atoms with E-state index in [4.69, 9.17) is 16.3 Å². The number of sulfonamides is 1. The first-order valence-electron chi connectivity index (χ1n) is 10.5. The van der Waals surface area contributed by atoms with E-state index in [1.807, 2.05) is 30.3 Å². The number of carbonyl (C=O) groups excluding carboxylic acids is 1. The van der Waals surface area contributed by atoms with Gasteiger partial charge in [0.2, 0.25) is 0 Å². The van der Waals surface area contributed by atoms with Crippen LogP contribution in [0, 0.1) is 0 Å². The van der Waals surface area contributed by atoms with Crippen molar-refractivity contribution in [2.75, 3.05) is 24.0 Å². The van der Waals surface area contributed by atoms with Crippen LogP contribution in [-0.2, 0) is 14.8 Å². The third-order valence-corrected chi connectivity index (χ3v) is 7.51. The van der Waals surface area contributed by atoms with E-state index in [2.05, 4.69) is 5.32 Å². The average molecular weight is 483 g/mol. The van der Waals surface area contributed by atoms with Gasteiger partial charge in [-0.25, -0.2) is 8.42 Å². The molecule has 8 heteroatoms. The van der Waals surface area contributed by atoms with Crippen molar-refractivity contribution in [1.29, 1.82) is 0 Å². The molecule has 0 saturated carbocycles. The third-order valence-electron chi connectivity index (χ3n) is 5.25. The molecule has 6 nitrogen and oxygen atoms in total. The molecule has 1 heterocycles. The maximum Gasteiger partial charge on any atom is 0.270 e. The average Bonchev–Trinajstić information content (AvgIpc) is 2.82. The molecular weight excluding hydrogens is 460 g/mol. The number of ether oxygens (including phenoxy) is 1. The van der Waals surface area contributed by atoms with E-state index >= 15 is 0 Å². The lowest BCUT2D eigenvalue weighted by molar-refractivity contribution is -0.116. The van der Waals surface area contributed by atoms with Gasteiger partial charge in [-0.3, -0.25) is 9.10 Å². The fourth-order valence-corrected chi connectivity index (χ4v) is 5.78. The van der Waals surface area contributed by atoms with Crippen molar-refractivity contribution < 1.29 is 17.9 Å². The SMILES string of the molecule is CCN1c2ccccc2C(c2ccccc2)=C(C(=O)NCCOc2ccccc2Cl)S1(=O)=O. The summed E-state index contributed by atoms with van der Waals surface area (Å²) in [4.78, 5) is 13.0. The van der Waals surface area contributed by atoms with Crippen LogP contribution in [-0.4, -0.2) is 34.0 Å². The summed E-state index contributed by atoms with van der Waals surface area (Å²) in [5.41, 5.74) is 2.29. The van der Waals surface area contributed by atoms with Crippen molar-refractivity contribution in [2.45, 2.75) is 6.92 Å². The summed E-state index contributed by atoms with van der Waals surface area (Å²) in [6.07, 6.45) is 0. The lowest BCUT2D eigenvalue weighted by atomic mass is 9.95. The Labute approximate surface area is 198 Å². The Kier molecular flexibility index (Phi) is 6.72. The van der Waals surface area contributed by atoms with Crippen LogP contribution in [0.15, 0.2) is 83.8 Å². The highest BCUT2D eigenvalue weighted by Gasteiger charge is 2.40. The summed E-state index contributed by atoms with van der Waals surface area (Å²) >= 11 is 6.09. The number of hydrogen-bond donors (Lipinski definition) is 1. The van der Waals surface area contributed by atoms with Crippen molar-refractivity contribution in [2.24, 2.45) is 0 Å². The number of para-hydroxylation sites is 2. The highest BCUT2D eigenvalue weighted by molar-refractivity contribution is 7.97. The molecule has 170 valence electrons. The zero-order valence-electron chi connectivity index (χ0n) is 18.0. The number of carbonyl (C=O) groups is 1. The van der Waals surface area contributed by atoms with E-state index in [0.717, 1.165) is 0 Å². The van der Waals surface area contributed by atoms with Crippen LogP contribution < -0.4 is 14.4 Å². The molecule has 1 amide bonds. The zero-order valence-corrected chi connectivity index (χ0v) is 19.6. The van der Waals surface area contributed by atoms with E-state index in [0.29, 0.717) is 33.2 Å². The van der Waals surface area contributed by atoms with Crippen LogP contribution in [0.1, 0.15) is 18.1 Å². The van der Waals surface area contributed by atoms with Gasteiger partial charge in [-0.05, 0) is 30.7 Å². The fourth-order valence-electron chi connectivity index (χ4n) is 3.82. The first-order valence-corrected chi connectivity index (χ1v) is 12.3. The van der Waals surface area contributed by atoms with Gasteiger partial charge in [0, 0.05) is 17.7 Å². The molecule has 1 N–H and O–H groups in total. The Morgan fingerprint density at radius 3 is 2.36 bits per heavy atom. The van der Waals surface area contributed by atoms with Gasteiger partial charge in [0.25, 0.3) is 15.9 Å². The van der Waals surface area contributed by atoms with Crippen LogP contribution >= 0.6 is 11.6 Å². The minimum absolute atomic E-state index is 0.110. The molecule has 0 atom stereocenters. The molecule has 0 fully saturated rings. The molecule has 1 aliphatic rings. The summed E-state index contributed by atoms with van der Waals surface area (Å²) in [6, 6.07) is 23.3. The van der Waals surface area contributed by atoms with Gasteiger partial charge < -0.3 is 10.1 Å². The highest BCUT2D eigenvalue weighted by Crippen LogP contribution is 2.42. The van der Waals surface area contributed by atoms with E-state index in [1.54, 1.807) is 55.5 Å². The molecule has 3 aromatic carbocycles. The lowest BCUT2D eigenvalue weighted by Gasteiger charge is -2.32. The van der Waals surface area contributed by atoms with Gasteiger partial charge in [0.15, 0.2) is 4.91 Å². The molecule has 33 heavy (non-hydrogen) atoms. The minimum atomic E-state index is -4.08. The molecule has 0 unspecified atom stereocenters. The second-order valence-electron chi connectivity index (χ2n) is 7.29. The van der Waals surface area contributed by atoms with E-state index in [1.165, 1.54) is 4.31 Å². The summed E-state index contributed by atoms with van der Waals surface area (Å²) in [6.45, 7) is 2.19. The van der Waals surface area contributed by atoms with Gasteiger partial charge in [-0.15, -0.1) is 0 Å². The number of rotatable bonds is 7. The number of fused-ring (bicyclic) bond motifs is 1. The number of nitrogens with one attached hydrogen (secondary N) is 1. The molecule has 0 radical (unpaired) electrons. The maximum absolute atomic E-state index is 13.6. The zero-order chi connectivity index (χ0) is 23.4. The topological polar surface area (TPSA) is 75.7 Å². The monoisotopic (exact) mass is 482 g/mol. The first kappa shape index (κ1) is 22.9. The predicted molar refractivity (Wildman–Crippen MR) is 131 cm³/mol. The smallest absolute Gasteiger partial charge is 0.270 e. The molecule has 0 saturated heterocycles. The number of benzene rings is 3. The van der Waals surface area contributed by atoms with Gasteiger partial charge in [0.05, 0.1) is 17.3 Å². The van der Waals surface area contributed by atoms with Crippen molar-refractivity contribution in [3.8, 4) is 5.75 Å². The summed E-state index contributed by atoms with van der Waals surface area (Å²) in [5, 5.41) is 3.16. The Hall–Kier alpha value is -3.29. The van der Waals surface area contributed by atoms with E-state index in [9.17, 15) is 13.2 Å². The Morgan fingerprint density at radius 2 is 1.64 bits per heavy atom. The van der Waals surface area contributed by atoms with Crippen LogP contribution in [0.25, 0.3) is 5.57 Å². The second kappa shape index (κ2) is 9.68. The van der Waals surface area contributed by atoms with E-state index < -0.39 is 15.9 Å². The van der Waals surface area contributed by atoms with Crippen molar-refractivity contribution >= 4 is 38.8 Å². The van der Waals surface area contributed by atoms with Crippen molar-refractivity contribution in [1.82, 2.24) is 5.32 Å². The molecule has 0 spiro atoms. The van der Waals surface area contributed by atoms with Gasteiger partial charge >= 0.3 is 0 Å². The van der Waals surface area contributed by atoms with Crippen LogP contribution in [0.3, 0.4) is 0 Å². The first-order chi connectivity index (χ1) is 15.9. The largest absolute Gasteiger partial charge is 0.490 e. The van der Waals surface area contributed by atoms with Crippen LogP contribution in [0.4, 0.5) is 5.69 Å². The molecule has 0 aliphatic carbocycles. The van der Waals surface area contributed by atoms with Gasteiger partial charge in [-0.1, -0.05) is 72.3 Å². The van der Waals surface area contributed by atoms with Crippen LogP contribution in [0.5, 0.6) is 5.75 Å².